The molecule has 0 unspecified atom stereocenters. The summed E-state index contributed by atoms with van der Waals surface area (Å²) in [6.07, 6.45) is 3.04. The summed E-state index contributed by atoms with van der Waals surface area (Å²) in [6, 6.07) is 0. The first-order chi connectivity index (χ1) is 3.39. The third-order valence-electron chi connectivity index (χ3n) is 0.624. The van der Waals surface area contributed by atoms with Crippen molar-refractivity contribution in [3.05, 3.63) is 18.2 Å². The van der Waals surface area contributed by atoms with Gasteiger partial charge in [-0.25, -0.2) is 4.98 Å². The van der Waals surface area contributed by atoms with Crippen LogP contribution >= 0.6 is 0 Å². The van der Waals surface area contributed by atoms with E-state index in [2.05, 4.69) is 15.2 Å². The van der Waals surface area contributed by atoms with Gasteiger partial charge in [0.05, 0.1) is 11.9 Å². The molecule has 0 aliphatic rings. The van der Waals surface area contributed by atoms with E-state index in [1.807, 2.05) is 6.92 Å². The molecular weight excluding hydrogens is 90.1 g/mol. The summed E-state index contributed by atoms with van der Waals surface area (Å²) in [6.45, 7) is 1.87. The third kappa shape index (κ3) is 0.924. The van der Waals surface area contributed by atoms with Gasteiger partial charge in [0.15, 0.2) is 0 Å². The molecule has 0 aliphatic carbocycles. The molecule has 7 heavy (non-hydrogen) atoms. The number of hydrogen-bond acceptors (Lipinski definition) is 3. The molecule has 1 heterocycles. The van der Waals surface area contributed by atoms with Crippen LogP contribution in [0.15, 0.2) is 12.5 Å². The van der Waals surface area contributed by atoms with Gasteiger partial charge >= 0.3 is 0 Å². The smallest absolute Gasteiger partial charge is 0.138 e. The summed E-state index contributed by atoms with van der Waals surface area (Å²) in [7, 11) is 0. The van der Waals surface area contributed by atoms with Crippen molar-refractivity contribution in [2.45, 2.75) is 6.92 Å². The molecule has 1 rings (SSSR count). The highest BCUT2D eigenvalue weighted by atomic mass is 15.1. The second-order valence-electron chi connectivity index (χ2n) is 1.25. The van der Waals surface area contributed by atoms with Crippen molar-refractivity contribution in [1.29, 1.82) is 0 Å². The van der Waals surface area contributed by atoms with Crippen LogP contribution < -0.4 is 0 Å². The topological polar surface area (TPSA) is 38.7 Å². The van der Waals surface area contributed by atoms with E-state index in [0.717, 1.165) is 5.69 Å². The summed E-state index contributed by atoms with van der Waals surface area (Å²) in [5.41, 5.74) is 0.898. The van der Waals surface area contributed by atoms with Crippen LogP contribution in [-0.4, -0.2) is 15.2 Å². The first-order valence-corrected chi connectivity index (χ1v) is 1.99. The molecular formula is C4H5N3. The van der Waals surface area contributed by atoms with Gasteiger partial charge in [0.25, 0.3) is 0 Å². The Morgan fingerprint density at radius 2 is 2.29 bits per heavy atom. The molecule has 3 heteroatoms. The number of nitrogens with zero attached hydrogens (tertiary/aromatic N) is 3. The molecule has 0 bridgehead atoms. The van der Waals surface area contributed by atoms with Gasteiger partial charge in [0, 0.05) is 0 Å². The molecule has 0 saturated heterocycles. The van der Waals surface area contributed by atoms with E-state index >= 15 is 0 Å². The SMILES string of the molecule is Cc1cnncn1. The molecule has 1 aromatic heterocycles. The maximum atomic E-state index is 3.81. The molecule has 0 atom stereocenters. The Labute approximate surface area is 41.4 Å². The Kier molecular flexibility index (Phi) is 0.978. The van der Waals surface area contributed by atoms with Crippen LogP contribution in [0.3, 0.4) is 0 Å². The van der Waals surface area contributed by atoms with E-state index in [4.69, 9.17) is 0 Å². The van der Waals surface area contributed by atoms with E-state index in [-0.39, 0.29) is 0 Å². The minimum absolute atomic E-state index is 0.898. The summed E-state index contributed by atoms with van der Waals surface area (Å²) < 4.78 is 0. The van der Waals surface area contributed by atoms with Crippen LogP contribution in [-0.2, 0) is 0 Å². The number of hydrogen-bond donors (Lipinski definition) is 0. The molecule has 36 valence electrons. The lowest BCUT2D eigenvalue weighted by Gasteiger charge is -1.80. The highest BCUT2D eigenvalue weighted by Crippen LogP contribution is 1.78. The average Bonchev–Trinajstić information content (AvgIpc) is 1.69. The second kappa shape index (κ2) is 1.64. The predicted molar refractivity (Wildman–Crippen MR) is 24.6 cm³/mol. The van der Waals surface area contributed by atoms with Crippen LogP contribution in [0.1, 0.15) is 5.69 Å². The van der Waals surface area contributed by atoms with E-state index in [0.29, 0.717) is 0 Å². The van der Waals surface area contributed by atoms with Gasteiger partial charge in [-0.1, -0.05) is 0 Å². The minimum Gasteiger partial charge on any atom is -0.238 e. The maximum absolute atomic E-state index is 3.81. The van der Waals surface area contributed by atoms with Gasteiger partial charge in [-0.2, -0.15) is 5.10 Å². The van der Waals surface area contributed by atoms with E-state index < -0.39 is 0 Å². The van der Waals surface area contributed by atoms with E-state index in [9.17, 15) is 0 Å². The summed E-state index contributed by atoms with van der Waals surface area (Å²) >= 11 is 0. The molecule has 0 aliphatic heterocycles. The molecule has 0 amide bonds. The highest BCUT2D eigenvalue weighted by Gasteiger charge is 1.75. The Bertz CT molecular complexity index is 137. The fraction of sp³-hybridized carbons (Fsp3) is 0.250. The lowest BCUT2D eigenvalue weighted by Crippen LogP contribution is -1.83. The van der Waals surface area contributed by atoms with Gasteiger partial charge in [-0.05, 0) is 6.92 Å². The summed E-state index contributed by atoms with van der Waals surface area (Å²) in [5.74, 6) is 0. The van der Waals surface area contributed by atoms with Crippen molar-refractivity contribution in [3.63, 3.8) is 0 Å². The zero-order valence-corrected chi connectivity index (χ0v) is 4.00. The van der Waals surface area contributed by atoms with Gasteiger partial charge in [-0.15, -0.1) is 5.10 Å². The largest absolute Gasteiger partial charge is 0.238 e. The average molecular weight is 95.1 g/mol. The van der Waals surface area contributed by atoms with Gasteiger partial charge in [-0.3, -0.25) is 0 Å². The monoisotopic (exact) mass is 95.0 g/mol. The standard InChI is InChI=1S/C4H5N3/c1-4-2-6-7-3-5-4/h2-3H,1H3. The maximum Gasteiger partial charge on any atom is 0.138 e. The molecule has 0 radical (unpaired) electrons. The van der Waals surface area contributed by atoms with Crippen molar-refractivity contribution in [3.8, 4) is 0 Å². The van der Waals surface area contributed by atoms with Crippen LogP contribution in [0.4, 0.5) is 0 Å². The van der Waals surface area contributed by atoms with Crippen molar-refractivity contribution in [1.82, 2.24) is 15.2 Å². The predicted octanol–water partition coefficient (Wildman–Crippen LogP) is 0.180. The number of aryl methyl sites for hydroxylation is 1. The fourth-order valence-electron chi connectivity index (χ4n) is 0.297. The Balaban J connectivity index is 3.02. The van der Waals surface area contributed by atoms with E-state index in [1.165, 1.54) is 6.33 Å². The highest BCUT2D eigenvalue weighted by molar-refractivity contribution is 4.84. The first kappa shape index (κ1) is 4.18. The zero-order chi connectivity index (χ0) is 5.11. The third-order valence-corrected chi connectivity index (χ3v) is 0.624. The van der Waals surface area contributed by atoms with Crippen LogP contribution in [0.2, 0.25) is 0 Å². The Morgan fingerprint density at radius 3 is 2.57 bits per heavy atom. The summed E-state index contributed by atoms with van der Waals surface area (Å²) in [4.78, 5) is 3.81. The molecule has 0 aromatic carbocycles. The van der Waals surface area contributed by atoms with Crippen LogP contribution in [0.25, 0.3) is 0 Å². The molecule has 0 saturated carbocycles. The molecule has 0 N–H and O–H groups in total. The molecule has 3 nitrogen and oxygen atoms in total. The molecule has 1 aromatic rings. The second-order valence-corrected chi connectivity index (χ2v) is 1.25. The minimum atomic E-state index is 0.898. The van der Waals surface area contributed by atoms with Crippen molar-refractivity contribution >= 4 is 0 Å². The van der Waals surface area contributed by atoms with Crippen molar-refractivity contribution in [2.75, 3.05) is 0 Å². The lowest BCUT2D eigenvalue weighted by atomic mass is 10.6. The first-order valence-electron chi connectivity index (χ1n) is 1.99. The van der Waals surface area contributed by atoms with Crippen LogP contribution in [0.5, 0.6) is 0 Å². The Hall–Kier alpha value is -0.990. The van der Waals surface area contributed by atoms with Crippen molar-refractivity contribution in [2.24, 2.45) is 0 Å². The van der Waals surface area contributed by atoms with Gasteiger partial charge in [0.2, 0.25) is 0 Å². The van der Waals surface area contributed by atoms with Gasteiger partial charge < -0.3 is 0 Å². The number of aromatic nitrogens is 3. The fourth-order valence-corrected chi connectivity index (χ4v) is 0.297. The Morgan fingerprint density at radius 1 is 1.43 bits per heavy atom. The quantitative estimate of drug-likeness (QED) is 0.461. The zero-order valence-electron chi connectivity index (χ0n) is 4.00. The van der Waals surface area contributed by atoms with E-state index in [1.54, 1.807) is 6.20 Å². The summed E-state index contributed by atoms with van der Waals surface area (Å²) in [5, 5.41) is 7.06. The van der Waals surface area contributed by atoms with Gasteiger partial charge in [0.1, 0.15) is 6.33 Å². The van der Waals surface area contributed by atoms with Crippen LogP contribution in [0, 0.1) is 6.92 Å². The van der Waals surface area contributed by atoms with Crippen molar-refractivity contribution < 1.29 is 0 Å². The number of rotatable bonds is 0. The normalized spacial score (nSPS) is 8.71. The molecule has 0 spiro atoms. The molecule has 0 fully saturated rings. The lowest BCUT2D eigenvalue weighted by molar-refractivity contribution is 0.939.